The Hall–Kier alpha value is -3.37. The van der Waals surface area contributed by atoms with Crippen molar-refractivity contribution < 1.29 is 22.9 Å². The fourth-order valence-corrected chi connectivity index (χ4v) is 6.21. The number of carbonyl (C=O) groups is 2. The second-order valence-corrected chi connectivity index (χ2v) is 12.3. The first-order chi connectivity index (χ1) is 20.1. The summed E-state index contributed by atoms with van der Waals surface area (Å²) in [7, 11) is 0. The number of imidazole rings is 1. The molecule has 0 radical (unpaired) electrons. The number of rotatable bonds is 11. The summed E-state index contributed by atoms with van der Waals surface area (Å²) in [5, 5.41) is 15.1. The van der Waals surface area contributed by atoms with Crippen molar-refractivity contribution in [2.75, 3.05) is 0 Å². The third-order valence-corrected chi connectivity index (χ3v) is 8.85. The van der Waals surface area contributed by atoms with Crippen LogP contribution in [0.2, 0.25) is 0 Å². The molecule has 3 heterocycles. The van der Waals surface area contributed by atoms with E-state index in [4.69, 9.17) is 9.51 Å². The topological polar surface area (TPSA) is 114 Å². The lowest BCUT2D eigenvalue weighted by molar-refractivity contribution is -0.122. The fraction of sp³-hybridized carbons (Fsp3) is 0.645. The van der Waals surface area contributed by atoms with E-state index in [-0.39, 0.29) is 55.4 Å². The number of hydrogen-bond donors (Lipinski definition) is 2. The van der Waals surface area contributed by atoms with Crippen molar-refractivity contribution in [2.24, 2.45) is 11.8 Å². The molecule has 2 atom stereocenters. The molecule has 11 heteroatoms. The Labute approximate surface area is 245 Å². The third-order valence-electron chi connectivity index (χ3n) is 8.85. The number of nitrogens with one attached hydrogen (secondary N) is 2. The average Bonchev–Trinajstić information content (AvgIpc) is 3.55. The van der Waals surface area contributed by atoms with Gasteiger partial charge in [0, 0.05) is 25.2 Å². The standard InChI is InChI=1S/C31H42F2N6O3/c1-5-8-25(40)36-27(19-9-7-10-19)21-15-24-35-23(17-39(24)34-16-21)28(20-11-13-31(32,33)14-12-20)37-30(41)26-22(6-2)38-42-29(26)18(3)4/h15-20,27-28H,5-14H2,1-4H3,(H,36,40)(H,37,41)/t27-,28+/m1/s1. The predicted molar refractivity (Wildman–Crippen MR) is 153 cm³/mol. The molecule has 2 fully saturated rings. The molecule has 42 heavy (non-hydrogen) atoms. The highest BCUT2D eigenvalue weighted by Gasteiger charge is 2.40. The van der Waals surface area contributed by atoms with E-state index in [1.807, 2.05) is 33.8 Å². The van der Waals surface area contributed by atoms with E-state index in [9.17, 15) is 18.4 Å². The van der Waals surface area contributed by atoms with Gasteiger partial charge in [-0.1, -0.05) is 39.3 Å². The first-order valence-corrected chi connectivity index (χ1v) is 15.4. The zero-order valence-corrected chi connectivity index (χ0v) is 25.0. The normalized spacial score (nSPS) is 19.0. The molecule has 0 aromatic carbocycles. The molecule has 2 amide bonds. The van der Waals surface area contributed by atoms with Crippen LogP contribution in [0, 0.1) is 11.8 Å². The fourth-order valence-electron chi connectivity index (χ4n) is 6.21. The predicted octanol–water partition coefficient (Wildman–Crippen LogP) is 6.46. The summed E-state index contributed by atoms with van der Waals surface area (Å²) in [5.74, 6) is -2.43. The zero-order valence-electron chi connectivity index (χ0n) is 25.0. The minimum absolute atomic E-state index is 0.0242. The molecule has 0 saturated heterocycles. The van der Waals surface area contributed by atoms with E-state index in [2.05, 4.69) is 20.9 Å². The van der Waals surface area contributed by atoms with Gasteiger partial charge in [0.05, 0.1) is 35.9 Å². The molecule has 9 nitrogen and oxygen atoms in total. The maximum Gasteiger partial charge on any atom is 0.257 e. The van der Waals surface area contributed by atoms with E-state index >= 15 is 0 Å². The number of fused-ring (bicyclic) bond motifs is 1. The number of amides is 2. The molecule has 3 aromatic rings. The summed E-state index contributed by atoms with van der Waals surface area (Å²) < 4.78 is 35.4. The van der Waals surface area contributed by atoms with Crippen LogP contribution in [0.5, 0.6) is 0 Å². The third kappa shape index (κ3) is 6.34. The number of hydrogen-bond acceptors (Lipinski definition) is 6. The van der Waals surface area contributed by atoms with Crippen LogP contribution in [0.25, 0.3) is 5.65 Å². The molecule has 0 spiro atoms. The van der Waals surface area contributed by atoms with Gasteiger partial charge in [0.15, 0.2) is 11.4 Å². The van der Waals surface area contributed by atoms with E-state index in [1.165, 1.54) is 0 Å². The number of carbonyl (C=O) groups excluding carboxylic acids is 2. The Balaban J connectivity index is 1.47. The molecule has 2 aliphatic carbocycles. The Morgan fingerprint density at radius 2 is 1.81 bits per heavy atom. The summed E-state index contributed by atoms with van der Waals surface area (Å²) in [4.78, 5) is 31.1. The van der Waals surface area contributed by atoms with Gasteiger partial charge in [0.1, 0.15) is 5.56 Å². The summed E-state index contributed by atoms with van der Waals surface area (Å²) in [5.41, 5.74) is 3.02. The maximum atomic E-state index is 14.1. The highest BCUT2D eigenvalue weighted by atomic mass is 19.3. The molecule has 3 aromatic heterocycles. The number of aryl methyl sites for hydroxylation is 1. The molecule has 2 aliphatic rings. The van der Waals surface area contributed by atoms with Gasteiger partial charge < -0.3 is 15.2 Å². The monoisotopic (exact) mass is 584 g/mol. The van der Waals surface area contributed by atoms with Crippen molar-refractivity contribution in [3.63, 3.8) is 0 Å². The van der Waals surface area contributed by atoms with Crippen LogP contribution in [0.15, 0.2) is 23.0 Å². The van der Waals surface area contributed by atoms with Gasteiger partial charge in [-0.2, -0.15) is 5.10 Å². The van der Waals surface area contributed by atoms with Crippen LogP contribution in [-0.4, -0.2) is 37.5 Å². The SMILES string of the molecule is CCCC(=O)N[C@@H](c1cnn2cc([C@@H](NC(=O)c3c(CC)noc3C(C)C)C3CCC(F)(F)CC3)nc2c1)C1CCC1. The highest BCUT2D eigenvalue weighted by molar-refractivity contribution is 5.96. The van der Waals surface area contributed by atoms with Gasteiger partial charge in [0.25, 0.3) is 5.91 Å². The minimum atomic E-state index is -2.70. The Bertz CT molecular complexity index is 1400. The molecule has 0 bridgehead atoms. The Morgan fingerprint density at radius 3 is 2.43 bits per heavy atom. The Morgan fingerprint density at radius 1 is 1.10 bits per heavy atom. The van der Waals surface area contributed by atoms with Crippen molar-refractivity contribution in [1.82, 2.24) is 30.4 Å². The van der Waals surface area contributed by atoms with Crippen LogP contribution < -0.4 is 10.6 Å². The molecule has 228 valence electrons. The van der Waals surface area contributed by atoms with Crippen LogP contribution in [-0.2, 0) is 11.2 Å². The van der Waals surface area contributed by atoms with Crippen LogP contribution in [0.4, 0.5) is 8.78 Å². The van der Waals surface area contributed by atoms with Gasteiger partial charge in [0.2, 0.25) is 11.8 Å². The smallest absolute Gasteiger partial charge is 0.257 e. The molecule has 0 aliphatic heterocycles. The molecule has 2 saturated carbocycles. The van der Waals surface area contributed by atoms with Crippen LogP contribution in [0.3, 0.4) is 0 Å². The second-order valence-electron chi connectivity index (χ2n) is 12.3. The van der Waals surface area contributed by atoms with Gasteiger partial charge in [-0.25, -0.2) is 18.3 Å². The molecular formula is C31H42F2N6O3. The average molecular weight is 585 g/mol. The lowest BCUT2D eigenvalue weighted by Gasteiger charge is -2.34. The lowest BCUT2D eigenvalue weighted by atomic mass is 9.77. The van der Waals surface area contributed by atoms with Gasteiger partial charge >= 0.3 is 0 Å². The number of aromatic nitrogens is 4. The Kier molecular flexibility index (Phi) is 8.94. The molecule has 5 rings (SSSR count). The van der Waals surface area contributed by atoms with Crippen molar-refractivity contribution in [3.8, 4) is 0 Å². The van der Waals surface area contributed by atoms with E-state index in [1.54, 1.807) is 16.9 Å². The van der Waals surface area contributed by atoms with E-state index < -0.39 is 12.0 Å². The largest absolute Gasteiger partial charge is 0.360 e. The second kappa shape index (κ2) is 12.5. The lowest BCUT2D eigenvalue weighted by Crippen LogP contribution is -2.37. The van der Waals surface area contributed by atoms with Crippen molar-refractivity contribution in [1.29, 1.82) is 0 Å². The number of halogens is 2. The molecule has 2 N–H and O–H groups in total. The zero-order chi connectivity index (χ0) is 30.0. The van der Waals surface area contributed by atoms with E-state index in [0.29, 0.717) is 47.1 Å². The summed E-state index contributed by atoms with van der Waals surface area (Å²) in [6, 6.07) is 1.21. The highest BCUT2D eigenvalue weighted by Crippen LogP contribution is 2.42. The quantitative estimate of drug-likeness (QED) is 0.267. The summed E-state index contributed by atoms with van der Waals surface area (Å²) in [6.45, 7) is 7.76. The van der Waals surface area contributed by atoms with Gasteiger partial charge in [-0.15, -0.1) is 0 Å². The van der Waals surface area contributed by atoms with Crippen molar-refractivity contribution in [2.45, 2.75) is 116 Å². The number of nitrogens with zero attached hydrogens (tertiary/aromatic N) is 4. The van der Waals surface area contributed by atoms with Crippen LogP contribution in [0.1, 0.15) is 137 Å². The van der Waals surface area contributed by atoms with Gasteiger partial charge in [-0.05, 0) is 62.0 Å². The minimum Gasteiger partial charge on any atom is -0.360 e. The maximum absolute atomic E-state index is 14.1. The molecular weight excluding hydrogens is 542 g/mol. The van der Waals surface area contributed by atoms with Crippen molar-refractivity contribution >= 4 is 17.5 Å². The van der Waals surface area contributed by atoms with Gasteiger partial charge in [-0.3, -0.25) is 9.59 Å². The molecule has 0 unspecified atom stereocenters. The number of alkyl halides is 2. The first-order valence-electron chi connectivity index (χ1n) is 15.4. The van der Waals surface area contributed by atoms with E-state index in [0.717, 1.165) is 31.2 Å². The van der Waals surface area contributed by atoms with Crippen LogP contribution >= 0.6 is 0 Å². The first kappa shape index (κ1) is 30.1. The van der Waals surface area contributed by atoms with Crippen molar-refractivity contribution in [3.05, 3.63) is 46.7 Å². The summed E-state index contributed by atoms with van der Waals surface area (Å²) >= 11 is 0. The summed E-state index contributed by atoms with van der Waals surface area (Å²) in [6.07, 6.45) is 8.60.